The second-order valence-electron chi connectivity index (χ2n) is 6.54. The van der Waals surface area contributed by atoms with Gasteiger partial charge in [-0.15, -0.1) is 0 Å². The average Bonchev–Trinajstić information content (AvgIpc) is 2.99. The first-order chi connectivity index (χ1) is 11.1. The van der Waals surface area contributed by atoms with Gasteiger partial charge in [0.05, 0.1) is 6.54 Å². The minimum atomic E-state index is 0.122. The van der Waals surface area contributed by atoms with Crippen LogP contribution in [0.25, 0.3) is 0 Å². The number of aryl methyl sites for hydroxylation is 1. The Labute approximate surface area is 139 Å². The van der Waals surface area contributed by atoms with Crippen LogP contribution in [0.1, 0.15) is 38.9 Å². The van der Waals surface area contributed by atoms with Crippen LogP contribution in [-0.2, 0) is 17.9 Å². The molecule has 2 rings (SSSR count). The summed E-state index contributed by atoms with van der Waals surface area (Å²) in [6.45, 7) is 10.3. The molecule has 130 valence electrons. The molecule has 1 amide bonds. The van der Waals surface area contributed by atoms with E-state index in [1.165, 1.54) is 0 Å². The molecule has 1 aliphatic rings. The third kappa shape index (κ3) is 5.62. The summed E-state index contributed by atoms with van der Waals surface area (Å²) in [6.07, 6.45) is 6.34. The summed E-state index contributed by atoms with van der Waals surface area (Å²) < 4.78 is 2.10. The molecule has 1 aromatic heterocycles. The van der Waals surface area contributed by atoms with Gasteiger partial charge >= 0.3 is 0 Å². The predicted molar refractivity (Wildman–Crippen MR) is 92.1 cm³/mol. The van der Waals surface area contributed by atoms with E-state index in [-0.39, 0.29) is 5.91 Å². The van der Waals surface area contributed by atoms with E-state index in [0.717, 1.165) is 51.4 Å². The van der Waals surface area contributed by atoms with Crippen molar-refractivity contribution < 1.29 is 4.79 Å². The van der Waals surface area contributed by atoms with Gasteiger partial charge in [0.25, 0.3) is 0 Å². The van der Waals surface area contributed by atoms with Gasteiger partial charge in [-0.05, 0) is 26.8 Å². The molecule has 23 heavy (non-hydrogen) atoms. The molecule has 0 bridgehead atoms. The molecular weight excluding hydrogens is 290 g/mol. The highest BCUT2D eigenvalue weighted by Gasteiger charge is 2.19. The van der Waals surface area contributed by atoms with Gasteiger partial charge in [-0.3, -0.25) is 9.69 Å². The van der Waals surface area contributed by atoms with Crippen molar-refractivity contribution in [3.8, 4) is 0 Å². The van der Waals surface area contributed by atoms with Gasteiger partial charge in [-0.1, -0.05) is 6.92 Å². The zero-order valence-electron chi connectivity index (χ0n) is 14.8. The van der Waals surface area contributed by atoms with Crippen molar-refractivity contribution >= 4 is 5.91 Å². The van der Waals surface area contributed by atoms with Crippen molar-refractivity contribution in [3.05, 3.63) is 18.2 Å². The zero-order chi connectivity index (χ0) is 16.7. The fourth-order valence-corrected chi connectivity index (χ4v) is 3.00. The van der Waals surface area contributed by atoms with Crippen LogP contribution < -0.4 is 5.32 Å². The highest BCUT2D eigenvalue weighted by atomic mass is 16.1. The Morgan fingerprint density at radius 1 is 1.35 bits per heavy atom. The number of carbonyl (C=O) groups is 1. The van der Waals surface area contributed by atoms with Gasteiger partial charge in [-0.25, -0.2) is 4.98 Å². The standard InChI is InChI=1S/C17H31N5O/c1-4-8-22-9-7-18-16(22)14-19-17(23)6-5-15(2)21-12-10-20(3)11-13-21/h7,9,15H,4-6,8,10-14H2,1-3H3,(H,19,23)/t15-/m1/s1. The number of likely N-dealkylation sites (N-methyl/N-ethyl adjacent to an activating group) is 1. The summed E-state index contributed by atoms with van der Waals surface area (Å²) in [7, 11) is 2.16. The molecular formula is C17H31N5O. The molecule has 0 radical (unpaired) electrons. The van der Waals surface area contributed by atoms with Crippen molar-refractivity contribution in [2.75, 3.05) is 33.2 Å². The Morgan fingerprint density at radius 2 is 2.09 bits per heavy atom. The minimum absolute atomic E-state index is 0.122. The van der Waals surface area contributed by atoms with E-state index in [9.17, 15) is 4.79 Å². The molecule has 1 aliphatic heterocycles. The van der Waals surface area contributed by atoms with Crippen molar-refractivity contribution in [3.63, 3.8) is 0 Å². The molecule has 0 unspecified atom stereocenters. The molecule has 0 aromatic carbocycles. The first-order valence-corrected chi connectivity index (χ1v) is 8.79. The summed E-state index contributed by atoms with van der Waals surface area (Å²) >= 11 is 0. The minimum Gasteiger partial charge on any atom is -0.349 e. The predicted octanol–water partition coefficient (Wildman–Crippen LogP) is 1.33. The Hall–Kier alpha value is -1.40. The average molecular weight is 321 g/mol. The van der Waals surface area contributed by atoms with Crippen LogP contribution >= 0.6 is 0 Å². The number of aromatic nitrogens is 2. The quantitative estimate of drug-likeness (QED) is 0.785. The fraction of sp³-hybridized carbons (Fsp3) is 0.765. The fourth-order valence-electron chi connectivity index (χ4n) is 3.00. The summed E-state index contributed by atoms with van der Waals surface area (Å²) in [4.78, 5) is 21.2. The van der Waals surface area contributed by atoms with Crippen LogP contribution in [0.15, 0.2) is 12.4 Å². The molecule has 0 saturated carbocycles. The highest BCUT2D eigenvalue weighted by molar-refractivity contribution is 5.75. The third-order valence-electron chi connectivity index (χ3n) is 4.66. The van der Waals surface area contributed by atoms with Crippen LogP contribution in [-0.4, -0.2) is 64.5 Å². The van der Waals surface area contributed by atoms with Gasteiger partial charge in [0.1, 0.15) is 5.82 Å². The summed E-state index contributed by atoms with van der Waals surface area (Å²) in [5.74, 6) is 1.06. The van der Waals surface area contributed by atoms with E-state index >= 15 is 0 Å². The number of hydrogen-bond donors (Lipinski definition) is 1. The first-order valence-electron chi connectivity index (χ1n) is 8.79. The van der Waals surface area contributed by atoms with E-state index in [1.807, 2.05) is 6.20 Å². The van der Waals surface area contributed by atoms with E-state index < -0.39 is 0 Å². The second kappa shape index (κ2) is 9.03. The van der Waals surface area contributed by atoms with E-state index in [2.05, 4.69) is 45.6 Å². The molecule has 0 spiro atoms. The normalized spacial score (nSPS) is 18.0. The Balaban J connectivity index is 1.67. The molecule has 0 aliphatic carbocycles. The smallest absolute Gasteiger partial charge is 0.220 e. The lowest BCUT2D eigenvalue weighted by Crippen LogP contribution is -2.48. The molecule has 2 heterocycles. The number of rotatable bonds is 8. The molecule has 1 atom stereocenters. The lowest BCUT2D eigenvalue weighted by atomic mass is 10.1. The van der Waals surface area contributed by atoms with Crippen LogP contribution in [0.4, 0.5) is 0 Å². The van der Waals surface area contributed by atoms with Crippen LogP contribution in [0.3, 0.4) is 0 Å². The molecule has 6 nitrogen and oxygen atoms in total. The van der Waals surface area contributed by atoms with Gasteiger partial charge in [0.2, 0.25) is 5.91 Å². The number of piperazine rings is 1. The van der Waals surface area contributed by atoms with Crippen molar-refractivity contribution in [1.29, 1.82) is 0 Å². The summed E-state index contributed by atoms with van der Waals surface area (Å²) in [5.41, 5.74) is 0. The topological polar surface area (TPSA) is 53.4 Å². The zero-order valence-corrected chi connectivity index (χ0v) is 14.8. The van der Waals surface area contributed by atoms with Gasteiger partial charge in [-0.2, -0.15) is 0 Å². The Bertz CT molecular complexity index is 479. The molecule has 1 N–H and O–H groups in total. The number of imidazole rings is 1. The molecule has 1 aromatic rings. The maximum absolute atomic E-state index is 12.1. The first kappa shape index (κ1) is 17.9. The highest BCUT2D eigenvalue weighted by Crippen LogP contribution is 2.10. The van der Waals surface area contributed by atoms with Crippen molar-refractivity contribution in [1.82, 2.24) is 24.7 Å². The maximum atomic E-state index is 12.1. The third-order valence-corrected chi connectivity index (χ3v) is 4.66. The second-order valence-corrected chi connectivity index (χ2v) is 6.54. The van der Waals surface area contributed by atoms with E-state index in [1.54, 1.807) is 6.20 Å². The largest absolute Gasteiger partial charge is 0.349 e. The number of hydrogen-bond acceptors (Lipinski definition) is 4. The maximum Gasteiger partial charge on any atom is 0.220 e. The number of carbonyl (C=O) groups excluding carboxylic acids is 1. The van der Waals surface area contributed by atoms with Crippen LogP contribution in [0.5, 0.6) is 0 Å². The number of amides is 1. The Kier molecular flexibility index (Phi) is 7.05. The Morgan fingerprint density at radius 3 is 2.78 bits per heavy atom. The molecule has 1 saturated heterocycles. The van der Waals surface area contributed by atoms with E-state index in [0.29, 0.717) is 19.0 Å². The van der Waals surface area contributed by atoms with Gasteiger partial charge in [0.15, 0.2) is 0 Å². The molecule has 1 fully saturated rings. The number of nitrogens with one attached hydrogen (secondary N) is 1. The van der Waals surface area contributed by atoms with Crippen molar-refractivity contribution in [2.24, 2.45) is 0 Å². The van der Waals surface area contributed by atoms with Crippen LogP contribution in [0.2, 0.25) is 0 Å². The lowest BCUT2D eigenvalue weighted by Gasteiger charge is -2.36. The van der Waals surface area contributed by atoms with Gasteiger partial charge < -0.3 is 14.8 Å². The van der Waals surface area contributed by atoms with Gasteiger partial charge in [0, 0.05) is 57.6 Å². The number of nitrogens with zero attached hydrogens (tertiary/aromatic N) is 4. The van der Waals surface area contributed by atoms with E-state index in [4.69, 9.17) is 0 Å². The van der Waals surface area contributed by atoms with Crippen LogP contribution in [0, 0.1) is 0 Å². The molecule has 6 heteroatoms. The SMILES string of the molecule is CCCn1ccnc1CNC(=O)CC[C@@H](C)N1CCN(C)CC1. The summed E-state index contributed by atoms with van der Waals surface area (Å²) in [5, 5.41) is 3.00. The van der Waals surface area contributed by atoms with Crippen molar-refractivity contribution in [2.45, 2.75) is 52.2 Å². The monoisotopic (exact) mass is 321 g/mol. The lowest BCUT2D eigenvalue weighted by molar-refractivity contribution is -0.121. The summed E-state index contributed by atoms with van der Waals surface area (Å²) in [6, 6.07) is 0.469.